The molecule has 3 aliphatic rings. The summed E-state index contributed by atoms with van der Waals surface area (Å²) in [6.45, 7) is 21.6. The van der Waals surface area contributed by atoms with E-state index in [0.29, 0.717) is 29.3 Å². The molecule has 0 unspecified atom stereocenters. The molecule has 0 aromatic rings. The van der Waals surface area contributed by atoms with Crippen molar-refractivity contribution in [2.75, 3.05) is 0 Å². The fourth-order valence-corrected chi connectivity index (χ4v) is 8.29. The van der Waals surface area contributed by atoms with E-state index in [-0.39, 0.29) is 0 Å². The molecular formula is C31H54OSi. The fourth-order valence-electron chi connectivity index (χ4n) is 7.08. The largest absolute Gasteiger partial charge is 0.414 e. The van der Waals surface area contributed by atoms with Crippen LogP contribution in [0.25, 0.3) is 0 Å². The van der Waals surface area contributed by atoms with Gasteiger partial charge in [0.2, 0.25) is 0 Å². The van der Waals surface area contributed by atoms with Crippen LogP contribution < -0.4 is 0 Å². The highest BCUT2D eigenvalue weighted by atomic mass is 28.4. The zero-order valence-corrected chi connectivity index (χ0v) is 24.4. The Labute approximate surface area is 207 Å². The van der Waals surface area contributed by atoms with Crippen LogP contribution >= 0.6 is 0 Å². The second kappa shape index (κ2) is 11.0. The molecule has 0 N–H and O–H groups in total. The van der Waals surface area contributed by atoms with Crippen LogP contribution in [0.1, 0.15) is 92.9 Å². The van der Waals surface area contributed by atoms with Gasteiger partial charge in [-0.3, -0.25) is 0 Å². The summed E-state index contributed by atoms with van der Waals surface area (Å²) in [7, 11) is -1.47. The third-order valence-electron chi connectivity index (χ3n) is 9.49. The standard InChI is InChI=1S/C31H54OSi/c1-22(2)23(3)12-13-25(5)29-18-19-30-26(11-10-20-31(29,30)6)15-16-27-21-28(17-14-24(27)4)32-33(7,8)9/h12-13,15-16,22-25,28-30H,10-11,14,17-21H2,1-9H3/b13-12+,26-15+,27-16+/t23-,24+,25+,28-,29+,30-,31+/m0/s1. The van der Waals surface area contributed by atoms with Gasteiger partial charge in [0.1, 0.15) is 0 Å². The van der Waals surface area contributed by atoms with E-state index in [1.54, 1.807) is 11.1 Å². The van der Waals surface area contributed by atoms with E-state index in [1.807, 2.05) is 0 Å². The number of allylic oxidation sites excluding steroid dienone is 5. The molecule has 3 aliphatic carbocycles. The Hall–Kier alpha value is -0.603. The third kappa shape index (κ3) is 6.75. The maximum atomic E-state index is 6.50. The third-order valence-corrected chi connectivity index (χ3v) is 10.5. The summed E-state index contributed by atoms with van der Waals surface area (Å²) >= 11 is 0. The smallest absolute Gasteiger partial charge is 0.184 e. The van der Waals surface area contributed by atoms with Gasteiger partial charge in [0, 0.05) is 6.10 Å². The average Bonchev–Trinajstić information content (AvgIpc) is 3.08. The Balaban J connectivity index is 1.73. The summed E-state index contributed by atoms with van der Waals surface area (Å²) in [5, 5.41) is 0. The van der Waals surface area contributed by atoms with Gasteiger partial charge in [0.05, 0.1) is 0 Å². The molecule has 2 heteroatoms. The van der Waals surface area contributed by atoms with Crippen molar-refractivity contribution in [3.05, 3.63) is 35.5 Å². The lowest BCUT2D eigenvalue weighted by Gasteiger charge is -2.44. The summed E-state index contributed by atoms with van der Waals surface area (Å²) in [5.41, 5.74) is 3.87. The summed E-state index contributed by atoms with van der Waals surface area (Å²) in [4.78, 5) is 0. The van der Waals surface area contributed by atoms with Crippen molar-refractivity contribution < 1.29 is 4.43 Å². The first-order valence-electron chi connectivity index (χ1n) is 14.2. The molecular weight excluding hydrogens is 416 g/mol. The van der Waals surface area contributed by atoms with Crippen LogP contribution in [0.3, 0.4) is 0 Å². The molecule has 0 amide bonds. The Morgan fingerprint density at radius 2 is 1.64 bits per heavy atom. The van der Waals surface area contributed by atoms with Gasteiger partial charge in [-0.05, 0) is 112 Å². The molecule has 0 spiro atoms. The second-order valence-corrected chi connectivity index (χ2v) is 17.9. The molecule has 33 heavy (non-hydrogen) atoms. The summed E-state index contributed by atoms with van der Waals surface area (Å²) < 4.78 is 6.50. The lowest BCUT2D eigenvalue weighted by Crippen LogP contribution is -2.35. The number of hydrogen-bond acceptors (Lipinski definition) is 1. The molecule has 7 atom stereocenters. The molecule has 1 nitrogen and oxygen atoms in total. The van der Waals surface area contributed by atoms with Crippen molar-refractivity contribution in [2.24, 2.45) is 40.9 Å². The zero-order chi connectivity index (χ0) is 24.4. The molecule has 0 saturated heterocycles. The molecule has 0 aliphatic heterocycles. The first-order chi connectivity index (χ1) is 15.4. The maximum Gasteiger partial charge on any atom is 0.184 e. The van der Waals surface area contributed by atoms with E-state index in [2.05, 4.69) is 85.5 Å². The van der Waals surface area contributed by atoms with Crippen LogP contribution in [0.5, 0.6) is 0 Å². The van der Waals surface area contributed by atoms with Crippen molar-refractivity contribution in [2.45, 2.75) is 119 Å². The molecule has 0 aromatic heterocycles. The molecule has 0 bridgehead atoms. The van der Waals surface area contributed by atoms with E-state index in [9.17, 15) is 0 Å². The van der Waals surface area contributed by atoms with Crippen molar-refractivity contribution in [3.8, 4) is 0 Å². The molecule has 3 saturated carbocycles. The van der Waals surface area contributed by atoms with E-state index >= 15 is 0 Å². The van der Waals surface area contributed by atoms with Gasteiger partial charge in [0.25, 0.3) is 0 Å². The summed E-state index contributed by atoms with van der Waals surface area (Å²) in [5.74, 6) is 4.43. The summed E-state index contributed by atoms with van der Waals surface area (Å²) in [6, 6.07) is 0. The number of fused-ring (bicyclic) bond motifs is 1. The Bertz CT molecular complexity index is 739. The number of rotatable bonds is 7. The van der Waals surface area contributed by atoms with Gasteiger partial charge in [-0.2, -0.15) is 0 Å². The van der Waals surface area contributed by atoms with E-state index in [4.69, 9.17) is 4.43 Å². The lowest BCUT2D eigenvalue weighted by molar-refractivity contribution is 0.112. The van der Waals surface area contributed by atoms with Crippen LogP contribution in [0.2, 0.25) is 19.6 Å². The van der Waals surface area contributed by atoms with Gasteiger partial charge in [-0.1, -0.05) is 77.0 Å². The predicted molar refractivity (Wildman–Crippen MR) is 148 cm³/mol. The predicted octanol–water partition coefficient (Wildman–Crippen LogP) is 9.58. The Morgan fingerprint density at radius 3 is 2.30 bits per heavy atom. The fraction of sp³-hybridized carbons (Fsp3) is 0.806. The highest BCUT2D eigenvalue weighted by molar-refractivity contribution is 6.69. The molecule has 188 valence electrons. The monoisotopic (exact) mass is 470 g/mol. The first kappa shape index (κ1) is 27.0. The molecule has 0 aromatic carbocycles. The highest BCUT2D eigenvalue weighted by Crippen LogP contribution is 2.59. The minimum Gasteiger partial charge on any atom is -0.414 e. The van der Waals surface area contributed by atoms with Gasteiger partial charge in [0.15, 0.2) is 8.32 Å². The SMILES string of the molecule is CC(C)[C@@H](C)/C=C/[C@@H](C)[C@H]1CC[C@H]2/C(=C/C=C3\C[C@@H](O[Si](C)(C)C)CC[C@H]3C)CCC[C@]12C. The van der Waals surface area contributed by atoms with E-state index < -0.39 is 8.32 Å². The molecule has 0 heterocycles. The number of hydrogen-bond donors (Lipinski definition) is 0. The van der Waals surface area contributed by atoms with Gasteiger partial charge in [-0.15, -0.1) is 0 Å². The van der Waals surface area contributed by atoms with Crippen molar-refractivity contribution in [1.29, 1.82) is 0 Å². The minimum absolute atomic E-state index is 0.450. The van der Waals surface area contributed by atoms with Gasteiger partial charge < -0.3 is 4.43 Å². The van der Waals surface area contributed by atoms with E-state index in [0.717, 1.165) is 24.2 Å². The summed E-state index contributed by atoms with van der Waals surface area (Å²) in [6.07, 6.45) is 21.2. The quantitative estimate of drug-likeness (QED) is 0.266. The van der Waals surface area contributed by atoms with Crippen molar-refractivity contribution in [1.82, 2.24) is 0 Å². The Morgan fingerprint density at radius 1 is 0.939 bits per heavy atom. The Kier molecular flexibility index (Phi) is 8.98. The van der Waals surface area contributed by atoms with Crippen LogP contribution in [0.4, 0.5) is 0 Å². The topological polar surface area (TPSA) is 9.23 Å². The molecule has 0 radical (unpaired) electrons. The van der Waals surface area contributed by atoms with Crippen LogP contribution in [0, 0.1) is 40.9 Å². The van der Waals surface area contributed by atoms with Crippen molar-refractivity contribution >= 4 is 8.32 Å². The van der Waals surface area contributed by atoms with Gasteiger partial charge in [-0.25, -0.2) is 0 Å². The molecule has 3 rings (SSSR count). The normalized spacial score (nSPS) is 37.8. The molecule has 3 fully saturated rings. The zero-order valence-electron chi connectivity index (χ0n) is 23.4. The maximum absolute atomic E-state index is 6.50. The van der Waals surface area contributed by atoms with Crippen LogP contribution in [0.15, 0.2) is 35.5 Å². The van der Waals surface area contributed by atoms with Crippen LogP contribution in [-0.4, -0.2) is 14.4 Å². The van der Waals surface area contributed by atoms with Gasteiger partial charge >= 0.3 is 0 Å². The first-order valence-corrected chi connectivity index (χ1v) is 17.6. The van der Waals surface area contributed by atoms with E-state index in [1.165, 1.54) is 44.9 Å². The van der Waals surface area contributed by atoms with Crippen molar-refractivity contribution in [3.63, 3.8) is 0 Å². The second-order valence-electron chi connectivity index (χ2n) is 13.5. The minimum atomic E-state index is -1.47. The average molecular weight is 471 g/mol. The van der Waals surface area contributed by atoms with Crippen LogP contribution in [-0.2, 0) is 4.43 Å². The highest BCUT2D eigenvalue weighted by Gasteiger charge is 2.50. The lowest BCUT2D eigenvalue weighted by atomic mass is 9.61.